The topological polar surface area (TPSA) is 3.24 Å². The fourth-order valence-electron chi connectivity index (χ4n) is 1.45. The minimum atomic E-state index is 0. The Bertz CT molecular complexity index is 87.6. The smallest absolute Gasteiger partial charge is 0 e. The summed E-state index contributed by atoms with van der Waals surface area (Å²) in [5.41, 5.74) is 0. The van der Waals surface area contributed by atoms with Crippen molar-refractivity contribution in [3.05, 3.63) is 13.3 Å². The van der Waals surface area contributed by atoms with E-state index < -0.39 is 0 Å². The third kappa shape index (κ3) is 4.60. The molecule has 1 nitrogen and oxygen atoms in total. The zero-order valence-corrected chi connectivity index (χ0v) is 10.3. The van der Waals surface area contributed by atoms with Crippen LogP contribution in [0, 0.1) is 19.3 Å². The molecule has 1 unspecified atom stereocenters. The molecule has 1 heterocycles. The second-order valence-electron chi connectivity index (χ2n) is 3.19. The average molecular weight is 228 g/mol. The molecule has 0 saturated carbocycles. The van der Waals surface area contributed by atoms with E-state index in [1.165, 1.54) is 25.9 Å². The SMILES string of the molecule is [CH2-]CCC1[CH-]CN(C)CC1.[Y]. The van der Waals surface area contributed by atoms with E-state index in [0.717, 1.165) is 12.3 Å². The van der Waals surface area contributed by atoms with Crippen LogP contribution >= 0.6 is 0 Å². The fourth-order valence-corrected chi connectivity index (χ4v) is 1.45. The summed E-state index contributed by atoms with van der Waals surface area (Å²) in [6, 6.07) is 0. The van der Waals surface area contributed by atoms with E-state index in [-0.39, 0.29) is 32.7 Å². The molecule has 1 atom stereocenters. The van der Waals surface area contributed by atoms with Crippen LogP contribution in [-0.2, 0) is 32.7 Å². The van der Waals surface area contributed by atoms with Crippen LogP contribution in [-0.4, -0.2) is 25.0 Å². The Morgan fingerprint density at radius 2 is 2.36 bits per heavy atom. The van der Waals surface area contributed by atoms with Crippen molar-refractivity contribution in [2.45, 2.75) is 19.3 Å². The van der Waals surface area contributed by atoms with Gasteiger partial charge < -0.3 is 18.2 Å². The third-order valence-corrected chi connectivity index (χ3v) is 2.21. The van der Waals surface area contributed by atoms with Crippen molar-refractivity contribution in [2.75, 3.05) is 20.1 Å². The zero-order chi connectivity index (χ0) is 7.40. The quantitative estimate of drug-likeness (QED) is 0.651. The van der Waals surface area contributed by atoms with Crippen LogP contribution in [0.25, 0.3) is 0 Å². The van der Waals surface area contributed by atoms with Gasteiger partial charge >= 0.3 is 0 Å². The summed E-state index contributed by atoms with van der Waals surface area (Å²) in [6.45, 7) is 6.30. The summed E-state index contributed by atoms with van der Waals surface area (Å²) in [5, 5.41) is 0. The van der Waals surface area contributed by atoms with Gasteiger partial charge in [-0.2, -0.15) is 12.3 Å². The molecule has 0 aromatic carbocycles. The van der Waals surface area contributed by atoms with Crippen molar-refractivity contribution in [3.63, 3.8) is 0 Å². The van der Waals surface area contributed by atoms with Gasteiger partial charge in [-0.15, -0.1) is 13.0 Å². The van der Waals surface area contributed by atoms with Crippen LogP contribution in [0.4, 0.5) is 0 Å². The molecule has 1 radical (unpaired) electrons. The molecular formula is C9H17NY-2. The second-order valence-corrected chi connectivity index (χ2v) is 3.19. The first-order valence-corrected chi connectivity index (χ1v) is 4.14. The molecule has 11 heavy (non-hydrogen) atoms. The standard InChI is InChI=1S/C9H17N.Y/c1-3-4-9-5-7-10(2)8-6-9;/h5,9H,1,3-4,6-8H2,2H3;/q-2;. The molecule has 0 N–H and O–H groups in total. The molecular weight excluding hydrogens is 211 g/mol. The number of hydrogen-bond donors (Lipinski definition) is 0. The van der Waals surface area contributed by atoms with Crippen LogP contribution in [0.2, 0.25) is 0 Å². The molecule has 1 rings (SSSR count). The van der Waals surface area contributed by atoms with Crippen LogP contribution in [0.1, 0.15) is 19.3 Å². The van der Waals surface area contributed by atoms with Gasteiger partial charge in [0.1, 0.15) is 0 Å². The van der Waals surface area contributed by atoms with Crippen LogP contribution in [0.3, 0.4) is 0 Å². The number of likely N-dealkylation sites (tertiary alicyclic amines) is 1. The molecule has 0 spiro atoms. The maximum atomic E-state index is 3.87. The van der Waals surface area contributed by atoms with Gasteiger partial charge in [0.15, 0.2) is 0 Å². The van der Waals surface area contributed by atoms with Crippen molar-refractivity contribution >= 4 is 0 Å². The first-order valence-electron chi connectivity index (χ1n) is 4.14. The summed E-state index contributed by atoms with van der Waals surface area (Å²) >= 11 is 0. The van der Waals surface area contributed by atoms with Crippen molar-refractivity contribution in [1.29, 1.82) is 0 Å². The Balaban J connectivity index is 0.000001000. The predicted molar refractivity (Wildman–Crippen MR) is 44.5 cm³/mol. The van der Waals surface area contributed by atoms with E-state index in [1.54, 1.807) is 0 Å². The molecule has 0 amide bonds. The van der Waals surface area contributed by atoms with E-state index in [1.807, 2.05) is 0 Å². The minimum absolute atomic E-state index is 0. The average Bonchev–Trinajstić information content (AvgIpc) is 1.95. The summed E-state index contributed by atoms with van der Waals surface area (Å²) in [6.07, 6.45) is 6.14. The van der Waals surface area contributed by atoms with Crippen molar-refractivity contribution in [1.82, 2.24) is 4.90 Å². The molecule has 1 aliphatic heterocycles. The molecule has 1 fully saturated rings. The van der Waals surface area contributed by atoms with Gasteiger partial charge in [-0.25, -0.2) is 0 Å². The number of hydrogen-bond acceptors (Lipinski definition) is 1. The maximum Gasteiger partial charge on any atom is 0 e. The number of piperidine rings is 1. The summed E-state index contributed by atoms with van der Waals surface area (Å²) < 4.78 is 0. The zero-order valence-electron chi connectivity index (χ0n) is 7.42. The first kappa shape index (κ1) is 12.1. The first-order chi connectivity index (χ1) is 4.83. The van der Waals surface area contributed by atoms with Gasteiger partial charge in [-0.3, -0.25) is 0 Å². The van der Waals surface area contributed by atoms with E-state index in [2.05, 4.69) is 25.3 Å². The van der Waals surface area contributed by atoms with E-state index in [9.17, 15) is 0 Å². The van der Waals surface area contributed by atoms with Crippen LogP contribution < -0.4 is 0 Å². The van der Waals surface area contributed by atoms with Gasteiger partial charge in [0.25, 0.3) is 0 Å². The molecule has 0 aromatic rings. The maximum absolute atomic E-state index is 3.87. The molecule has 0 bridgehead atoms. The van der Waals surface area contributed by atoms with E-state index >= 15 is 0 Å². The Labute approximate surface area is 95.8 Å². The predicted octanol–water partition coefficient (Wildman–Crippen LogP) is 1.75. The van der Waals surface area contributed by atoms with Gasteiger partial charge in [0.2, 0.25) is 0 Å². The van der Waals surface area contributed by atoms with Crippen molar-refractivity contribution in [2.24, 2.45) is 5.92 Å². The monoisotopic (exact) mass is 228 g/mol. The van der Waals surface area contributed by atoms with Crippen molar-refractivity contribution < 1.29 is 32.7 Å². The van der Waals surface area contributed by atoms with Crippen molar-refractivity contribution in [3.8, 4) is 0 Å². The Morgan fingerprint density at radius 1 is 1.64 bits per heavy atom. The van der Waals surface area contributed by atoms with Crippen LogP contribution in [0.15, 0.2) is 0 Å². The summed E-state index contributed by atoms with van der Waals surface area (Å²) in [4.78, 5) is 2.36. The van der Waals surface area contributed by atoms with Gasteiger partial charge in [0.05, 0.1) is 0 Å². The normalized spacial score (nSPS) is 26.2. The third-order valence-electron chi connectivity index (χ3n) is 2.21. The number of nitrogens with zero attached hydrogens (tertiary/aromatic N) is 1. The molecule has 0 aromatic heterocycles. The van der Waals surface area contributed by atoms with E-state index in [4.69, 9.17) is 0 Å². The molecule has 1 saturated heterocycles. The molecule has 63 valence electrons. The Hall–Kier alpha value is 1.06. The largest absolute Gasteiger partial charge is 0.343 e. The summed E-state index contributed by atoms with van der Waals surface area (Å²) in [5.74, 6) is 0.855. The second kappa shape index (κ2) is 6.57. The Kier molecular flexibility index (Phi) is 7.20. The van der Waals surface area contributed by atoms with E-state index in [0.29, 0.717) is 0 Å². The number of rotatable bonds is 2. The van der Waals surface area contributed by atoms with Gasteiger partial charge in [0, 0.05) is 32.7 Å². The minimum Gasteiger partial charge on any atom is -0.343 e. The molecule has 2 heteroatoms. The Morgan fingerprint density at radius 3 is 2.82 bits per heavy atom. The summed E-state index contributed by atoms with van der Waals surface area (Å²) in [7, 11) is 2.18. The molecule has 0 aliphatic carbocycles. The fraction of sp³-hybridized carbons (Fsp3) is 0.778. The van der Waals surface area contributed by atoms with Gasteiger partial charge in [-0.05, 0) is 13.6 Å². The molecule has 1 aliphatic rings. The van der Waals surface area contributed by atoms with Gasteiger partial charge in [-0.1, -0.05) is 6.42 Å². The van der Waals surface area contributed by atoms with Crippen LogP contribution in [0.5, 0.6) is 0 Å².